The van der Waals surface area contributed by atoms with E-state index in [1.165, 1.54) is 0 Å². The Balaban J connectivity index is 2.52. The minimum Gasteiger partial charge on any atom is -0.278 e. The maximum absolute atomic E-state index is 13.5. The van der Waals surface area contributed by atoms with Gasteiger partial charge in [0, 0.05) is 13.0 Å². The number of carbonyl (C=O) groups excluding carboxylic acids is 2. The first-order chi connectivity index (χ1) is 9.36. The smallest absolute Gasteiger partial charge is 0.266 e. The van der Waals surface area contributed by atoms with Gasteiger partial charge in [0.15, 0.2) is 23.3 Å². The highest BCUT2D eigenvalue weighted by Gasteiger charge is 2.34. The quantitative estimate of drug-likeness (QED) is 0.345. The van der Waals surface area contributed by atoms with Crippen LogP contribution in [0.15, 0.2) is 0 Å². The van der Waals surface area contributed by atoms with Gasteiger partial charge in [0.05, 0.1) is 0 Å². The zero-order valence-electron chi connectivity index (χ0n) is 9.98. The lowest BCUT2D eigenvalue weighted by Crippen LogP contribution is -2.41. The van der Waals surface area contributed by atoms with E-state index in [0.717, 1.165) is 0 Å². The van der Waals surface area contributed by atoms with Gasteiger partial charge in [0.1, 0.15) is 5.56 Å². The molecule has 0 radical (unpaired) electrons. The largest absolute Gasteiger partial charge is 0.278 e. The summed E-state index contributed by atoms with van der Waals surface area (Å²) in [6.45, 7) is -0.114. The molecule has 2 rings (SSSR count). The van der Waals surface area contributed by atoms with Gasteiger partial charge in [-0.3, -0.25) is 14.5 Å². The molecule has 8 heteroatoms. The van der Waals surface area contributed by atoms with Crippen LogP contribution in [0.5, 0.6) is 0 Å². The van der Waals surface area contributed by atoms with Gasteiger partial charge in [-0.05, 0) is 12.8 Å². The van der Waals surface area contributed by atoms with E-state index in [0.29, 0.717) is 17.7 Å². The second kappa shape index (κ2) is 5.18. The highest BCUT2D eigenvalue weighted by Crippen LogP contribution is 2.25. The summed E-state index contributed by atoms with van der Waals surface area (Å²) >= 11 is 0. The van der Waals surface area contributed by atoms with Crippen LogP contribution >= 0.6 is 0 Å². The fourth-order valence-corrected chi connectivity index (χ4v) is 1.95. The second-order valence-electron chi connectivity index (χ2n) is 4.25. The van der Waals surface area contributed by atoms with E-state index in [2.05, 4.69) is 0 Å². The third-order valence-corrected chi connectivity index (χ3v) is 2.99. The molecule has 0 aliphatic carbocycles. The van der Waals surface area contributed by atoms with Gasteiger partial charge in [-0.25, -0.2) is 22.0 Å². The normalized spacial score (nSPS) is 15.7. The lowest BCUT2D eigenvalue weighted by molar-refractivity contribution is -0.130. The van der Waals surface area contributed by atoms with E-state index in [9.17, 15) is 31.5 Å². The highest BCUT2D eigenvalue weighted by molar-refractivity contribution is 6.05. The average Bonchev–Trinajstić information content (AvgIpc) is 2.43. The Labute approximate surface area is 110 Å². The Kier molecular flexibility index (Phi) is 3.74. The molecule has 0 saturated carbocycles. The number of piperidine rings is 1. The van der Waals surface area contributed by atoms with Crippen LogP contribution < -0.4 is 0 Å². The van der Waals surface area contributed by atoms with Crippen molar-refractivity contribution in [2.75, 3.05) is 6.54 Å². The molecule has 108 valence electrons. The summed E-state index contributed by atoms with van der Waals surface area (Å²) < 4.78 is 65.8. The van der Waals surface area contributed by atoms with Crippen LogP contribution in [0.4, 0.5) is 22.0 Å². The Morgan fingerprint density at radius 1 is 0.850 bits per heavy atom. The van der Waals surface area contributed by atoms with Crippen LogP contribution in [0, 0.1) is 29.1 Å². The highest BCUT2D eigenvalue weighted by atomic mass is 19.2. The number of halogens is 5. The number of hydrogen-bond acceptors (Lipinski definition) is 2. The van der Waals surface area contributed by atoms with Crippen LogP contribution in [0.2, 0.25) is 0 Å². The molecule has 1 aliphatic rings. The Hall–Kier alpha value is -1.99. The predicted molar refractivity (Wildman–Crippen MR) is 56.1 cm³/mol. The molecule has 20 heavy (non-hydrogen) atoms. The fraction of sp³-hybridized carbons (Fsp3) is 0.333. The number of amides is 2. The molecule has 1 aliphatic heterocycles. The summed E-state index contributed by atoms with van der Waals surface area (Å²) in [5.74, 6) is -13.4. The first kappa shape index (κ1) is 14.4. The Morgan fingerprint density at radius 3 is 1.85 bits per heavy atom. The zero-order valence-corrected chi connectivity index (χ0v) is 9.98. The summed E-state index contributed by atoms with van der Waals surface area (Å²) in [7, 11) is 0. The maximum Gasteiger partial charge on any atom is 0.266 e. The number of carbonyl (C=O) groups is 2. The van der Waals surface area contributed by atoms with E-state index in [1.54, 1.807) is 0 Å². The average molecular weight is 293 g/mol. The standard InChI is InChI=1S/C12H8F5NO2/c13-7-6(8(14)10(16)11(17)9(7)15)12(20)18-4-2-1-3-5(18)19/h1-4H2. The predicted octanol–water partition coefficient (Wildman–Crippen LogP) is 2.53. The van der Waals surface area contributed by atoms with Crippen molar-refractivity contribution < 1.29 is 31.5 Å². The number of likely N-dealkylation sites (tertiary alicyclic amines) is 1. The molecule has 0 atom stereocenters. The third kappa shape index (κ3) is 2.14. The van der Waals surface area contributed by atoms with E-state index < -0.39 is 46.5 Å². The topological polar surface area (TPSA) is 37.4 Å². The molecule has 1 heterocycles. The molecule has 0 bridgehead atoms. The van der Waals surface area contributed by atoms with Crippen LogP contribution in [0.1, 0.15) is 29.6 Å². The first-order valence-electron chi connectivity index (χ1n) is 5.72. The van der Waals surface area contributed by atoms with Crippen LogP contribution in [0.25, 0.3) is 0 Å². The summed E-state index contributed by atoms with van der Waals surface area (Å²) in [4.78, 5) is 23.8. The molecular weight excluding hydrogens is 285 g/mol. The van der Waals surface area contributed by atoms with Crippen molar-refractivity contribution in [2.24, 2.45) is 0 Å². The van der Waals surface area contributed by atoms with Gasteiger partial charge in [0.2, 0.25) is 11.7 Å². The van der Waals surface area contributed by atoms with Crippen molar-refractivity contribution in [1.29, 1.82) is 0 Å². The van der Waals surface area contributed by atoms with Gasteiger partial charge >= 0.3 is 0 Å². The third-order valence-electron chi connectivity index (χ3n) is 2.99. The molecule has 2 amide bonds. The van der Waals surface area contributed by atoms with Crippen molar-refractivity contribution in [3.63, 3.8) is 0 Å². The van der Waals surface area contributed by atoms with Crippen LogP contribution in [-0.2, 0) is 4.79 Å². The van der Waals surface area contributed by atoms with Crippen LogP contribution in [-0.4, -0.2) is 23.3 Å². The Bertz CT molecular complexity index is 573. The van der Waals surface area contributed by atoms with E-state index in [1.807, 2.05) is 0 Å². The van der Waals surface area contributed by atoms with Crippen molar-refractivity contribution in [3.05, 3.63) is 34.6 Å². The number of imide groups is 1. The molecule has 1 fully saturated rings. The van der Waals surface area contributed by atoms with Crippen molar-refractivity contribution in [3.8, 4) is 0 Å². The van der Waals surface area contributed by atoms with E-state index >= 15 is 0 Å². The minimum atomic E-state index is -2.35. The summed E-state index contributed by atoms with van der Waals surface area (Å²) in [5.41, 5.74) is -1.60. The molecular formula is C12H8F5NO2. The van der Waals surface area contributed by atoms with Crippen LogP contribution in [0.3, 0.4) is 0 Å². The number of hydrogen-bond donors (Lipinski definition) is 0. The fourth-order valence-electron chi connectivity index (χ4n) is 1.95. The molecule has 0 N–H and O–H groups in total. The Morgan fingerprint density at radius 2 is 1.35 bits per heavy atom. The molecule has 3 nitrogen and oxygen atoms in total. The van der Waals surface area contributed by atoms with Gasteiger partial charge in [-0.15, -0.1) is 0 Å². The van der Waals surface area contributed by atoms with E-state index in [-0.39, 0.29) is 13.0 Å². The number of rotatable bonds is 1. The molecule has 0 spiro atoms. The van der Waals surface area contributed by atoms with Gasteiger partial charge < -0.3 is 0 Å². The lowest BCUT2D eigenvalue weighted by atomic mass is 10.1. The molecule has 0 unspecified atom stereocenters. The number of nitrogens with zero attached hydrogens (tertiary/aromatic N) is 1. The van der Waals surface area contributed by atoms with E-state index in [4.69, 9.17) is 0 Å². The van der Waals surface area contributed by atoms with Gasteiger partial charge in [-0.2, -0.15) is 0 Å². The molecule has 1 saturated heterocycles. The van der Waals surface area contributed by atoms with Gasteiger partial charge in [-0.1, -0.05) is 0 Å². The van der Waals surface area contributed by atoms with Crippen molar-refractivity contribution in [1.82, 2.24) is 4.90 Å². The SMILES string of the molecule is O=C1CCCCN1C(=O)c1c(F)c(F)c(F)c(F)c1F. The lowest BCUT2D eigenvalue weighted by Gasteiger charge is -2.25. The molecule has 0 aromatic heterocycles. The van der Waals surface area contributed by atoms with Crippen molar-refractivity contribution in [2.45, 2.75) is 19.3 Å². The monoisotopic (exact) mass is 293 g/mol. The zero-order chi connectivity index (χ0) is 15.0. The van der Waals surface area contributed by atoms with Gasteiger partial charge in [0.25, 0.3) is 5.91 Å². The first-order valence-corrected chi connectivity index (χ1v) is 5.72. The maximum atomic E-state index is 13.5. The summed E-state index contributed by atoms with van der Waals surface area (Å²) in [6.07, 6.45) is 0.897. The summed E-state index contributed by atoms with van der Waals surface area (Å²) in [6, 6.07) is 0. The number of benzene rings is 1. The molecule has 1 aromatic rings. The minimum absolute atomic E-state index is 0.0128. The summed E-state index contributed by atoms with van der Waals surface area (Å²) in [5, 5.41) is 0. The molecule has 1 aromatic carbocycles. The second-order valence-corrected chi connectivity index (χ2v) is 4.25. The van der Waals surface area contributed by atoms with Crippen molar-refractivity contribution >= 4 is 11.8 Å².